The maximum absolute atomic E-state index is 11.9. The van der Waals surface area contributed by atoms with Crippen LogP contribution in [0.2, 0.25) is 0 Å². The average Bonchev–Trinajstić information content (AvgIpc) is 2.27. The third-order valence-electron chi connectivity index (χ3n) is 2.51. The number of hydrogen-bond donors (Lipinski definition) is 0. The Morgan fingerprint density at radius 3 is 2.18 bits per heavy atom. The minimum Gasteiger partial charge on any atom is -0.492 e. The van der Waals surface area contributed by atoms with Crippen LogP contribution in [0.15, 0.2) is 22.5 Å². The lowest BCUT2D eigenvalue weighted by atomic mass is 9.89. The summed E-state index contributed by atoms with van der Waals surface area (Å²) >= 11 is 0. The summed E-state index contributed by atoms with van der Waals surface area (Å²) in [6.45, 7) is 4.69. The molecule has 0 N–H and O–H groups in total. The Morgan fingerprint density at radius 1 is 1.12 bits per heavy atom. The molecule has 0 saturated carbocycles. The third-order valence-corrected chi connectivity index (χ3v) is 2.51. The Morgan fingerprint density at radius 2 is 1.71 bits per heavy atom. The highest BCUT2D eigenvalue weighted by Gasteiger charge is 2.35. The fourth-order valence-electron chi connectivity index (χ4n) is 1.65. The molecular weight excluding hydrogens is 224 g/mol. The second-order valence-corrected chi connectivity index (χ2v) is 3.54. The predicted octanol–water partition coefficient (Wildman–Crippen LogP) is 0.938. The fraction of sp³-hybridized carbons (Fsp3) is 0.417. The van der Waals surface area contributed by atoms with Gasteiger partial charge in [0.1, 0.15) is 5.57 Å². The first-order chi connectivity index (χ1) is 7.95. The molecule has 0 aromatic heterocycles. The number of ether oxygens (including phenoxy) is 2. The molecular formula is C12H14O5. The van der Waals surface area contributed by atoms with Gasteiger partial charge in [-0.25, -0.2) is 4.79 Å². The second-order valence-electron chi connectivity index (χ2n) is 3.54. The van der Waals surface area contributed by atoms with Gasteiger partial charge in [-0.3, -0.25) is 9.59 Å². The zero-order chi connectivity index (χ0) is 13.2. The van der Waals surface area contributed by atoms with Crippen molar-refractivity contribution in [2.24, 2.45) is 0 Å². The van der Waals surface area contributed by atoms with E-state index in [-0.39, 0.29) is 34.9 Å². The van der Waals surface area contributed by atoms with Gasteiger partial charge in [0, 0.05) is 11.1 Å². The molecule has 0 fully saturated rings. The summed E-state index contributed by atoms with van der Waals surface area (Å²) in [4.78, 5) is 35.4. The van der Waals surface area contributed by atoms with Gasteiger partial charge in [-0.2, -0.15) is 0 Å². The number of carbonyl (C=O) groups excluding carboxylic acids is 3. The molecule has 5 nitrogen and oxygen atoms in total. The molecule has 1 aliphatic carbocycles. The monoisotopic (exact) mass is 238 g/mol. The highest BCUT2D eigenvalue weighted by atomic mass is 16.5. The minimum absolute atomic E-state index is 0.0938. The van der Waals surface area contributed by atoms with Crippen molar-refractivity contribution in [1.29, 1.82) is 0 Å². The molecule has 5 heteroatoms. The van der Waals surface area contributed by atoms with Crippen LogP contribution in [0.4, 0.5) is 0 Å². The minimum atomic E-state index is -0.787. The molecule has 0 amide bonds. The van der Waals surface area contributed by atoms with Crippen molar-refractivity contribution >= 4 is 17.5 Å². The van der Waals surface area contributed by atoms with E-state index in [1.54, 1.807) is 6.92 Å². The van der Waals surface area contributed by atoms with Gasteiger partial charge in [-0.15, -0.1) is 0 Å². The van der Waals surface area contributed by atoms with Gasteiger partial charge in [-0.05, 0) is 20.8 Å². The van der Waals surface area contributed by atoms with Gasteiger partial charge in [0.05, 0.1) is 13.7 Å². The van der Waals surface area contributed by atoms with Crippen molar-refractivity contribution in [1.82, 2.24) is 0 Å². The molecule has 0 aromatic carbocycles. The van der Waals surface area contributed by atoms with Crippen molar-refractivity contribution in [3.05, 3.63) is 22.5 Å². The standard InChI is InChI=1S/C12H14O5/c1-5-17-12(15)8-6(2)9(13)7(3)11(16-4)10(8)14/h5H2,1-4H3. The summed E-state index contributed by atoms with van der Waals surface area (Å²) in [5, 5.41) is 0. The molecule has 0 radical (unpaired) electrons. The topological polar surface area (TPSA) is 69.7 Å². The highest BCUT2D eigenvalue weighted by Crippen LogP contribution is 2.25. The lowest BCUT2D eigenvalue weighted by Gasteiger charge is -2.18. The molecule has 1 rings (SSSR count). The number of allylic oxidation sites excluding steroid dienone is 3. The molecule has 92 valence electrons. The molecule has 0 atom stereocenters. The Labute approximate surface area is 99.1 Å². The number of methoxy groups -OCH3 is 1. The lowest BCUT2D eigenvalue weighted by molar-refractivity contribution is -0.140. The van der Waals surface area contributed by atoms with E-state index in [1.165, 1.54) is 21.0 Å². The van der Waals surface area contributed by atoms with Crippen molar-refractivity contribution in [2.75, 3.05) is 13.7 Å². The maximum Gasteiger partial charge on any atom is 0.342 e. The molecule has 17 heavy (non-hydrogen) atoms. The van der Waals surface area contributed by atoms with Crippen molar-refractivity contribution in [3.63, 3.8) is 0 Å². The zero-order valence-electron chi connectivity index (χ0n) is 10.2. The van der Waals surface area contributed by atoms with E-state index in [1.807, 2.05) is 0 Å². The molecule has 0 spiro atoms. The summed E-state index contributed by atoms with van der Waals surface area (Å²) in [7, 11) is 1.29. The van der Waals surface area contributed by atoms with Crippen LogP contribution in [0.3, 0.4) is 0 Å². The predicted molar refractivity (Wildman–Crippen MR) is 59.1 cm³/mol. The van der Waals surface area contributed by atoms with Crippen molar-refractivity contribution in [3.8, 4) is 0 Å². The Balaban J connectivity index is 3.27. The van der Waals surface area contributed by atoms with E-state index >= 15 is 0 Å². The number of ketones is 2. The SMILES string of the molecule is CCOC(=O)C1=C(C)C(=O)C(C)=C(OC)C1=O. The van der Waals surface area contributed by atoms with Crippen LogP contribution in [0.5, 0.6) is 0 Å². The summed E-state index contributed by atoms with van der Waals surface area (Å²) in [5.74, 6) is -1.85. The maximum atomic E-state index is 11.9. The van der Waals surface area contributed by atoms with E-state index in [4.69, 9.17) is 9.47 Å². The number of Topliss-reactive ketones (excluding diaryl/α,β-unsaturated/α-hetero) is 2. The Bertz CT molecular complexity index is 454. The fourth-order valence-corrected chi connectivity index (χ4v) is 1.65. The van der Waals surface area contributed by atoms with Crippen LogP contribution < -0.4 is 0 Å². The second kappa shape index (κ2) is 4.95. The van der Waals surface area contributed by atoms with Crippen molar-refractivity contribution in [2.45, 2.75) is 20.8 Å². The summed E-state index contributed by atoms with van der Waals surface area (Å²) in [6.07, 6.45) is 0. The van der Waals surface area contributed by atoms with Gasteiger partial charge in [0.2, 0.25) is 5.78 Å². The number of esters is 1. The van der Waals surface area contributed by atoms with E-state index in [2.05, 4.69) is 0 Å². The molecule has 0 heterocycles. The Hall–Kier alpha value is -1.91. The van der Waals surface area contributed by atoms with E-state index in [9.17, 15) is 14.4 Å². The van der Waals surface area contributed by atoms with Gasteiger partial charge < -0.3 is 9.47 Å². The van der Waals surface area contributed by atoms with Crippen molar-refractivity contribution < 1.29 is 23.9 Å². The first-order valence-corrected chi connectivity index (χ1v) is 5.17. The summed E-state index contributed by atoms with van der Waals surface area (Å²) in [6, 6.07) is 0. The number of hydrogen-bond acceptors (Lipinski definition) is 5. The molecule has 0 aromatic rings. The van der Waals surface area contributed by atoms with Gasteiger partial charge in [0.15, 0.2) is 11.5 Å². The molecule has 1 aliphatic rings. The number of carbonyl (C=O) groups is 3. The van der Waals surface area contributed by atoms with E-state index in [0.29, 0.717) is 0 Å². The Kier molecular flexibility index (Phi) is 3.83. The lowest BCUT2D eigenvalue weighted by Crippen LogP contribution is -2.28. The van der Waals surface area contributed by atoms with Gasteiger partial charge >= 0.3 is 5.97 Å². The first kappa shape index (κ1) is 13.2. The molecule has 0 bridgehead atoms. The van der Waals surface area contributed by atoms with Crippen LogP contribution in [0.1, 0.15) is 20.8 Å². The van der Waals surface area contributed by atoms with Crippen LogP contribution >= 0.6 is 0 Å². The summed E-state index contributed by atoms with van der Waals surface area (Å²) < 4.78 is 9.61. The van der Waals surface area contributed by atoms with Gasteiger partial charge in [0.25, 0.3) is 0 Å². The molecule has 0 aliphatic heterocycles. The quantitative estimate of drug-likeness (QED) is 0.415. The van der Waals surface area contributed by atoms with E-state index in [0.717, 1.165) is 0 Å². The van der Waals surface area contributed by atoms with Crippen LogP contribution in [0, 0.1) is 0 Å². The molecule has 0 unspecified atom stereocenters. The highest BCUT2D eigenvalue weighted by molar-refractivity contribution is 6.33. The van der Waals surface area contributed by atoms with Gasteiger partial charge in [-0.1, -0.05) is 0 Å². The smallest absolute Gasteiger partial charge is 0.342 e. The van der Waals surface area contributed by atoms with E-state index < -0.39 is 11.8 Å². The van der Waals surface area contributed by atoms with Crippen LogP contribution in [-0.2, 0) is 23.9 Å². The third kappa shape index (κ3) is 2.13. The molecule has 0 saturated heterocycles. The first-order valence-electron chi connectivity index (χ1n) is 5.17. The normalized spacial score (nSPS) is 16.5. The number of rotatable bonds is 3. The summed E-state index contributed by atoms with van der Waals surface area (Å²) in [5.41, 5.74) is 0.0779. The largest absolute Gasteiger partial charge is 0.492 e. The average molecular weight is 238 g/mol. The zero-order valence-corrected chi connectivity index (χ0v) is 10.2. The van der Waals surface area contributed by atoms with Crippen LogP contribution in [-0.4, -0.2) is 31.3 Å². The van der Waals surface area contributed by atoms with Crippen LogP contribution in [0.25, 0.3) is 0 Å².